The van der Waals surface area contributed by atoms with Gasteiger partial charge >= 0.3 is 0 Å². The van der Waals surface area contributed by atoms with E-state index in [1.165, 1.54) is 83.7 Å². The lowest BCUT2D eigenvalue weighted by molar-refractivity contribution is 0.166. The molecule has 2 aliphatic carbocycles. The van der Waals surface area contributed by atoms with Gasteiger partial charge in [0.1, 0.15) is 0 Å². The summed E-state index contributed by atoms with van der Waals surface area (Å²) in [6.07, 6.45) is 15.4. The Morgan fingerprint density at radius 2 is 0.880 bits per heavy atom. The summed E-state index contributed by atoms with van der Waals surface area (Å²) in [5.74, 6) is 3.66. The molecule has 2 heteroatoms. The third-order valence-corrected chi connectivity index (χ3v) is 7.54. The van der Waals surface area contributed by atoms with E-state index in [1.54, 1.807) is 0 Å². The zero-order valence-electron chi connectivity index (χ0n) is 17.7. The molecule has 0 aromatic carbocycles. The molecule has 2 rings (SSSR count). The Balaban J connectivity index is 1.72. The lowest BCUT2D eigenvalue weighted by Gasteiger charge is -2.39. The van der Waals surface area contributed by atoms with Crippen LogP contribution in [0, 0.1) is 23.7 Å². The van der Waals surface area contributed by atoms with Gasteiger partial charge in [-0.15, -0.1) is 0 Å². The smallest absolute Gasteiger partial charge is 0.0123 e. The third kappa shape index (κ3) is 5.96. The highest BCUT2D eigenvalue weighted by Gasteiger charge is 2.31. The van der Waals surface area contributed by atoms with Gasteiger partial charge in [-0.1, -0.05) is 66.2 Å². The van der Waals surface area contributed by atoms with Crippen molar-refractivity contribution in [2.75, 3.05) is 13.1 Å². The first-order valence-corrected chi connectivity index (χ1v) is 11.7. The zero-order chi connectivity index (χ0) is 18.1. The van der Waals surface area contributed by atoms with Crippen molar-refractivity contribution in [2.45, 2.75) is 110 Å². The molecule has 25 heavy (non-hydrogen) atoms. The van der Waals surface area contributed by atoms with Gasteiger partial charge < -0.3 is 10.6 Å². The fourth-order valence-electron chi connectivity index (χ4n) is 5.90. The highest BCUT2D eigenvalue weighted by atomic mass is 15.0. The standard InChI is InChI=1S/C23H46N2/c1-5-18-12-9-13-19(6-2)22(18)24-16-11-17-25-23-20(7-3)14-10-15-21(23)8-4/h18-25H,5-17H2,1-4H3. The number of nitrogens with one attached hydrogen (secondary N) is 2. The second-order valence-electron chi connectivity index (χ2n) is 8.85. The molecule has 0 bridgehead atoms. The molecule has 0 saturated heterocycles. The fraction of sp³-hybridized carbons (Fsp3) is 1.00. The van der Waals surface area contributed by atoms with Gasteiger partial charge in [-0.2, -0.15) is 0 Å². The molecule has 0 heterocycles. The minimum absolute atomic E-state index is 0.783. The highest BCUT2D eigenvalue weighted by Crippen LogP contribution is 2.34. The van der Waals surface area contributed by atoms with Crippen LogP contribution in [-0.2, 0) is 0 Å². The zero-order valence-corrected chi connectivity index (χ0v) is 17.7. The third-order valence-electron chi connectivity index (χ3n) is 7.54. The van der Waals surface area contributed by atoms with E-state index in [-0.39, 0.29) is 0 Å². The van der Waals surface area contributed by atoms with E-state index in [0.717, 1.165) is 35.8 Å². The predicted molar refractivity (Wildman–Crippen MR) is 111 cm³/mol. The number of rotatable bonds is 10. The monoisotopic (exact) mass is 350 g/mol. The summed E-state index contributed by atoms with van der Waals surface area (Å²) < 4.78 is 0. The topological polar surface area (TPSA) is 24.1 Å². The minimum Gasteiger partial charge on any atom is -0.313 e. The summed E-state index contributed by atoms with van der Waals surface area (Å²) in [5, 5.41) is 7.94. The van der Waals surface area contributed by atoms with Gasteiger partial charge in [-0.25, -0.2) is 0 Å². The van der Waals surface area contributed by atoms with Gasteiger partial charge in [0.15, 0.2) is 0 Å². The van der Waals surface area contributed by atoms with E-state index in [9.17, 15) is 0 Å². The van der Waals surface area contributed by atoms with Crippen molar-refractivity contribution in [3.63, 3.8) is 0 Å². The van der Waals surface area contributed by atoms with Gasteiger partial charge in [0.2, 0.25) is 0 Å². The first-order valence-electron chi connectivity index (χ1n) is 11.7. The van der Waals surface area contributed by atoms with Crippen LogP contribution >= 0.6 is 0 Å². The van der Waals surface area contributed by atoms with Crippen LogP contribution < -0.4 is 10.6 Å². The van der Waals surface area contributed by atoms with E-state index in [2.05, 4.69) is 38.3 Å². The maximum Gasteiger partial charge on any atom is 0.0123 e. The van der Waals surface area contributed by atoms with Crippen LogP contribution in [0.25, 0.3) is 0 Å². The van der Waals surface area contributed by atoms with E-state index >= 15 is 0 Å². The number of hydrogen-bond donors (Lipinski definition) is 2. The predicted octanol–water partition coefficient (Wildman–Crippen LogP) is 5.77. The van der Waals surface area contributed by atoms with E-state index in [0.29, 0.717) is 0 Å². The molecule has 2 aliphatic rings. The van der Waals surface area contributed by atoms with Crippen LogP contribution in [0.15, 0.2) is 0 Å². The Labute approximate surface area is 158 Å². The second-order valence-corrected chi connectivity index (χ2v) is 8.85. The molecule has 0 amide bonds. The van der Waals surface area contributed by atoms with E-state index in [1.807, 2.05) is 0 Å². The first-order chi connectivity index (χ1) is 12.2. The summed E-state index contributed by atoms with van der Waals surface area (Å²) in [5.41, 5.74) is 0. The summed E-state index contributed by atoms with van der Waals surface area (Å²) in [6, 6.07) is 1.57. The Bertz CT molecular complexity index is 287. The van der Waals surface area contributed by atoms with Crippen LogP contribution in [0.4, 0.5) is 0 Å². The minimum atomic E-state index is 0.783. The molecule has 4 unspecified atom stereocenters. The Morgan fingerprint density at radius 1 is 0.560 bits per heavy atom. The van der Waals surface area contributed by atoms with Crippen molar-refractivity contribution in [1.82, 2.24) is 10.6 Å². The van der Waals surface area contributed by atoms with Crippen LogP contribution in [0.5, 0.6) is 0 Å². The van der Waals surface area contributed by atoms with Gasteiger partial charge in [0.05, 0.1) is 0 Å². The largest absolute Gasteiger partial charge is 0.313 e. The van der Waals surface area contributed by atoms with Crippen LogP contribution in [-0.4, -0.2) is 25.2 Å². The maximum atomic E-state index is 3.97. The molecule has 2 nitrogen and oxygen atoms in total. The molecule has 2 N–H and O–H groups in total. The molecule has 4 atom stereocenters. The quantitative estimate of drug-likeness (QED) is 0.489. The van der Waals surface area contributed by atoms with Gasteiger partial charge in [-0.05, 0) is 68.9 Å². The second kappa shape index (κ2) is 11.6. The Hall–Kier alpha value is -0.0800. The Morgan fingerprint density at radius 3 is 1.16 bits per heavy atom. The molecule has 0 aromatic heterocycles. The van der Waals surface area contributed by atoms with Gasteiger partial charge in [0.25, 0.3) is 0 Å². The maximum absolute atomic E-state index is 3.97. The Kier molecular flexibility index (Phi) is 9.84. The average Bonchev–Trinajstić information content (AvgIpc) is 2.67. The lowest BCUT2D eigenvalue weighted by atomic mass is 9.74. The summed E-state index contributed by atoms with van der Waals surface area (Å²) in [6.45, 7) is 11.9. The molecule has 2 saturated carbocycles. The van der Waals surface area contributed by atoms with Crippen molar-refractivity contribution in [3.05, 3.63) is 0 Å². The molecule has 0 radical (unpaired) electrons. The lowest BCUT2D eigenvalue weighted by Crippen LogP contribution is -2.47. The van der Waals surface area contributed by atoms with Gasteiger partial charge in [-0.3, -0.25) is 0 Å². The SMILES string of the molecule is CCC1CCCC(CC)C1NCCCNC1C(CC)CCCC1CC. The van der Waals surface area contributed by atoms with Crippen molar-refractivity contribution in [1.29, 1.82) is 0 Å². The first kappa shape index (κ1) is 21.2. The highest BCUT2D eigenvalue weighted by molar-refractivity contribution is 4.88. The van der Waals surface area contributed by atoms with Crippen LogP contribution in [0.1, 0.15) is 98.3 Å². The molecule has 0 aromatic rings. The van der Waals surface area contributed by atoms with E-state index < -0.39 is 0 Å². The molecular weight excluding hydrogens is 304 g/mol. The van der Waals surface area contributed by atoms with Crippen molar-refractivity contribution in [3.8, 4) is 0 Å². The molecule has 2 fully saturated rings. The van der Waals surface area contributed by atoms with E-state index in [4.69, 9.17) is 0 Å². The summed E-state index contributed by atoms with van der Waals surface area (Å²) >= 11 is 0. The van der Waals surface area contributed by atoms with Crippen molar-refractivity contribution in [2.24, 2.45) is 23.7 Å². The van der Waals surface area contributed by atoms with Gasteiger partial charge in [0, 0.05) is 12.1 Å². The van der Waals surface area contributed by atoms with Crippen LogP contribution in [0.3, 0.4) is 0 Å². The average molecular weight is 351 g/mol. The molecular formula is C23H46N2. The van der Waals surface area contributed by atoms with Crippen molar-refractivity contribution >= 4 is 0 Å². The van der Waals surface area contributed by atoms with Crippen molar-refractivity contribution < 1.29 is 0 Å². The molecule has 0 aliphatic heterocycles. The molecule has 148 valence electrons. The molecule has 0 spiro atoms. The number of hydrogen-bond acceptors (Lipinski definition) is 2. The summed E-state index contributed by atoms with van der Waals surface area (Å²) in [7, 11) is 0. The normalized spacial score (nSPS) is 36.5. The summed E-state index contributed by atoms with van der Waals surface area (Å²) in [4.78, 5) is 0. The van der Waals surface area contributed by atoms with Crippen LogP contribution in [0.2, 0.25) is 0 Å². The fourth-order valence-corrected chi connectivity index (χ4v) is 5.90.